The Balaban J connectivity index is 1.51. The predicted molar refractivity (Wildman–Crippen MR) is 127 cm³/mol. The fraction of sp³-hybridized carbons (Fsp3) is 0.400. The van der Waals surface area contributed by atoms with Crippen LogP contribution in [0.5, 0.6) is 5.75 Å². The standard InChI is InChI=1S/C25H30N4O4/c1-3-28(16-22(30)26-19-11-5-7-13-21(19)33-2)17-23(31)29-20-12-6-4-10-18(20)27-24(32)25(29)14-8-9-15-25/h4-7,10-13H,3,8-9,14-17H2,1-2H3,(H,26,30)(H,27,32). The Bertz CT molecular complexity index is 1050. The fourth-order valence-electron chi connectivity index (χ4n) is 4.81. The Morgan fingerprint density at radius 1 is 1.09 bits per heavy atom. The van der Waals surface area contributed by atoms with E-state index in [9.17, 15) is 14.4 Å². The van der Waals surface area contributed by atoms with Gasteiger partial charge in [-0.2, -0.15) is 0 Å². The molecular weight excluding hydrogens is 420 g/mol. The molecule has 8 nitrogen and oxygen atoms in total. The van der Waals surface area contributed by atoms with Gasteiger partial charge in [0.2, 0.25) is 11.8 Å². The van der Waals surface area contributed by atoms with E-state index < -0.39 is 5.54 Å². The van der Waals surface area contributed by atoms with E-state index in [4.69, 9.17) is 4.74 Å². The van der Waals surface area contributed by atoms with E-state index in [1.807, 2.05) is 43.3 Å². The number of likely N-dealkylation sites (N-methyl/N-ethyl adjacent to an activating group) is 1. The maximum atomic E-state index is 13.6. The summed E-state index contributed by atoms with van der Waals surface area (Å²) >= 11 is 0. The molecule has 4 rings (SSSR count). The van der Waals surface area contributed by atoms with Gasteiger partial charge < -0.3 is 15.4 Å². The van der Waals surface area contributed by atoms with E-state index in [2.05, 4.69) is 10.6 Å². The summed E-state index contributed by atoms with van der Waals surface area (Å²) < 4.78 is 5.29. The monoisotopic (exact) mass is 450 g/mol. The zero-order valence-electron chi connectivity index (χ0n) is 19.1. The van der Waals surface area contributed by atoms with Gasteiger partial charge >= 0.3 is 0 Å². The van der Waals surface area contributed by atoms with Gasteiger partial charge in [0.1, 0.15) is 11.3 Å². The van der Waals surface area contributed by atoms with E-state index in [0.29, 0.717) is 36.5 Å². The Labute approximate surface area is 193 Å². The zero-order valence-corrected chi connectivity index (χ0v) is 19.1. The first-order valence-corrected chi connectivity index (χ1v) is 11.4. The van der Waals surface area contributed by atoms with Crippen molar-refractivity contribution in [3.63, 3.8) is 0 Å². The SMILES string of the molecule is CCN(CC(=O)Nc1ccccc1OC)CC(=O)N1c2ccccc2NC(=O)C12CCCC2. The number of hydrogen-bond donors (Lipinski definition) is 2. The molecule has 0 aromatic heterocycles. The predicted octanol–water partition coefficient (Wildman–Crippen LogP) is 3.25. The van der Waals surface area contributed by atoms with E-state index in [-0.39, 0.29) is 30.8 Å². The molecule has 174 valence electrons. The number of benzene rings is 2. The molecule has 1 spiro atoms. The molecular formula is C25H30N4O4. The van der Waals surface area contributed by atoms with Crippen molar-refractivity contribution in [2.24, 2.45) is 0 Å². The first kappa shape index (κ1) is 22.8. The number of amides is 3. The molecule has 1 aliphatic heterocycles. The van der Waals surface area contributed by atoms with E-state index in [1.165, 1.54) is 0 Å². The number of carbonyl (C=O) groups is 3. The lowest BCUT2D eigenvalue weighted by Gasteiger charge is -2.45. The average Bonchev–Trinajstić information content (AvgIpc) is 3.30. The van der Waals surface area contributed by atoms with Crippen molar-refractivity contribution in [1.29, 1.82) is 0 Å². The van der Waals surface area contributed by atoms with Crippen LogP contribution in [0.3, 0.4) is 0 Å². The highest BCUT2D eigenvalue weighted by Crippen LogP contribution is 2.45. The third-order valence-electron chi connectivity index (χ3n) is 6.48. The first-order chi connectivity index (χ1) is 16.0. The highest BCUT2D eigenvalue weighted by Gasteiger charge is 2.52. The van der Waals surface area contributed by atoms with Gasteiger partial charge in [-0.15, -0.1) is 0 Å². The summed E-state index contributed by atoms with van der Waals surface area (Å²) in [6.45, 7) is 2.51. The summed E-state index contributed by atoms with van der Waals surface area (Å²) in [6.07, 6.45) is 3.08. The zero-order chi connectivity index (χ0) is 23.4. The third kappa shape index (κ3) is 4.43. The van der Waals surface area contributed by atoms with Crippen LogP contribution >= 0.6 is 0 Å². The number of methoxy groups -OCH3 is 1. The number of nitrogens with one attached hydrogen (secondary N) is 2. The summed E-state index contributed by atoms with van der Waals surface area (Å²) in [6, 6.07) is 14.6. The van der Waals surface area contributed by atoms with Crippen LogP contribution in [-0.2, 0) is 14.4 Å². The molecule has 1 fully saturated rings. The first-order valence-electron chi connectivity index (χ1n) is 11.4. The minimum atomic E-state index is -0.857. The molecule has 2 N–H and O–H groups in total. The molecule has 8 heteroatoms. The lowest BCUT2D eigenvalue weighted by Crippen LogP contribution is -2.62. The van der Waals surface area contributed by atoms with Gasteiger partial charge in [0, 0.05) is 0 Å². The molecule has 0 atom stereocenters. The summed E-state index contributed by atoms with van der Waals surface area (Å²) in [7, 11) is 1.55. The minimum Gasteiger partial charge on any atom is -0.495 e. The van der Waals surface area contributed by atoms with Crippen LogP contribution in [0.4, 0.5) is 17.1 Å². The van der Waals surface area contributed by atoms with Gasteiger partial charge in [0.05, 0.1) is 37.3 Å². The van der Waals surface area contributed by atoms with E-state index in [0.717, 1.165) is 18.5 Å². The Morgan fingerprint density at radius 2 is 1.79 bits per heavy atom. The van der Waals surface area contributed by atoms with Crippen LogP contribution in [-0.4, -0.2) is 54.9 Å². The number of fused-ring (bicyclic) bond motifs is 1. The van der Waals surface area contributed by atoms with Crippen molar-refractivity contribution in [3.05, 3.63) is 48.5 Å². The van der Waals surface area contributed by atoms with Crippen LogP contribution in [0, 0.1) is 0 Å². The highest BCUT2D eigenvalue weighted by molar-refractivity contribution is 6.15. The molecule has 3 amide bonds. The molecule has 2 aromatic rings. The topological polar surface area (TPSA) is 91.0 Å². The largest absolute Gasteiger partial charge is 0.495 e. The molecule has 0 saturated heterocycles. The second-order valence-corrected chi connectivity index (χ2v) is 8.49. The van der Waals surface area contributed by atoms with Crippen LogP contribution in [0.1, 0.15) is 32.6 Å². The molecule has 0 unspecified atom stereocenters. The van der Waals surface area contributed by atoms with Crippen molar-refractivity contribution >= 4 is 34.8 Å². The summed E-state index contributed by atoms with van der Waals surface area (Å²) in [5, 5.41) is 5.85. The van der Waals surface area contributed by atoms with E-state index in [1.54, 1.807) is 29.0 Å². The van der Waals surface area contributed by atoms with Crippen LogP contribution in [0.2, 0.25) is 0 Å². The number of para-hydroxylation sites is 4. The van der Waals surface area contributed by atoms with Crippen molar-refractivity contribution in [3.8, 4) is 5.75 Å². The Kier molecular flexibility index (Phi) is 6.65. The minimum absolute atomic E-state index is 0.0409. The normalized spacial score (nSPS) is 16.5. The van der Waals surface area contributed by atoms with Crippen molar-refractivity contribution < 1.29 is 19.1 Å². The molecule has 33 heavy (non-hydrogen) atoms. The molecule has 1 heterocycles. The quantitative estimate of drug-likeness (QED) is 0.676. The maximum absolute atomic E-state index is 13.6. The van der Waals surface area contributed by atoms with Crippen LogP contribution < -0.4 is 20.3 Å². The molecule has 1 aliphatic carbocycles. The summed E-state index contributed by atoms with van der Waals surface area (Å²) in [4.78, 5) is 42.9. The molecule has 2 aliphatic rings. The van der Waals surface area contributed by atoms with E-state index >= 15 is 0 Å². The van der Waals surface area contributed by atoms with Gasteiger partial charge in [-0.25, -0.2) is 0 Å². The molecule has 0 bridgehead atoms. The lowest BCUT2D eigenvalue weighted by molar-refractivity contribution is -0.128. The number of nitrogens with zero attached hydrogens (tertiary/aromatic N) is 2. The number of carbonyl (C=O) groups excluding carboxylic acids is 3. The average molecular weight is 451 g/mol. The number of ether oxygens (including phenoxy) is 1. The van der Waals surface area contributed by atoms with Gasteiger partial charge in [-0.1, -0.05) is 44.0 Å². The fourth-order valence-corrected chi connectivity index (χ4v) is 4.81. The highest BCUT2D eigenvalue weighted by atomic mass is 16.5. The number of hydrogen-bond acceptors (Lipinski definition) is 5. The Morgan fingerprint density at radius 3 is 2.52 bits per heavy atom. The van der Waals surface area contributed by atoms with Crippen LogP contribution in [0.25, 0.3) is 0 Å². The second-order valence-electron chi connectivity index (χ2n) is 8.49. The van der Waals surface area contributed by atoms with Gasteiger partial charge in [-0.05, 0) is 43.7 Å². The van der Waals surface area contributed by atoms with Crippen molar-refractivity contribution in [2.75, 3.05) is 42.3 Å². The van der Waals surface area contributed by atoms with Crippen molar-refractivity contribution in [2.45, 2.75) is 38.1 Å². The smallest absolute Gasteiger partial charge is 0.250 e. The third-order valence-corrected chi connectivity index (χ3v) is 6.48. The van der Waals surface area contributed by atoms with Gasteiger partial charge in [0.25, 0.3) is 5.91 Å². The molecule has 2 aromatic carbocycles. The van der Waals surface area contributed by atoms with Crippen LogP contribution in [0.15, 0.2) is 48.5 Å². The molecule has 1 saturated carbocycles. The number of anilines is 3. The molecule has 0 radical (unpaired) electrons. The number of rotatable bonds is 7. The summed E-state index contributed by atoms with van der Waals surface area (Å²) in [5.41, 5.74) is 1.09. The second kappa shape index (κ2) is 9.62. The van der Waals surface area contributed by atoms with Crippen molar-refractivity contribution in [1.82, 2.24) is 4.90 Å². The maximum Gasteiger partial charge on any atom is 0.250 e. The van der Waals surface area contributed by atoms with Gasteiger partial charge in [0.15, 0.2) is 0 Å². The summed E-state index contributed by atoms with van der Waals surface area (Å²) in [5.74, 6) is 0.0424. The lowest BCUT2D eigenvalue weighted by atomic mass is 9.89. The van der Waals surface area contributed by atoms with Gasteiger partial charge in [-0.3, -0.25) is 24.2 Å². The Hall–Kier alpha value is -3.39.